The van der Waals surface area contributed by atoms with Gasteiger partial charge in [-0.3, -0.25) is 4.79 Å². The second-order valence-electron chi connectivity index (χ2n) is 4.21. The van der Waals surface area contributed by atoms with Gasteiger partial charge in [-0.1, -0.05) is 6.07 Å². The summed E-state index contributed by atoms with van der Waals surface area (Å²) in [5, 5.41) is 2.26. The SMILES string of the molecule is CCOC(=O)c1cccc(C(=O)Nc2ccc(F)cc2F)n1. The van der Waals surface area contributed by atoms with E-state index in [9.17, 15) is 18.4 Å². The Labute approximate surface area is 124 Å². The van der Waals surface area contributed by atoms with Crippen molar-refractivity contribution in [3.63, 3.8) is 0 Å². The Morgan fingerprint density at radius 1 is 1.18 bits per heavy atom. The lowest BCUT2D eigenvalue weighted by Gasteiger charge is -2.07. The van der Waals surface area contributed by atoms with Crippen molar-refractivity contribution in [2.24, 2.45) is 0 Å². The van der Waals surface area contributed by atoms with Gasteiger partial charge < -0.3 is 10.1 Å². The molecule has 0 saturated heterocycles. The molecule has 0 saturated carbocycles. The average molecular weight is 306 g/mol. The smallest absolute Gasteiger partial charge is 0.356 e. The Morgan fingerprint density at radius 2 is 1.91 bits per heavy atom. The van der Waals surface area contributed by atoms with Crippen LogP contribution in [0.3, 0.4) is 0 Å². The Morgan fingerprint density at radius 3 is 2.59 bits per heavy atom. The summed E-state index contributed by atoms with van der Waals surface area (Å²) in [5.41, 5.74) is -0.307. The van der Waals surface area contributed by atoms with Gasteiger partial charge in [-0.05, 0) is 31.2 Å². The maximum atomic E-state index is 13.5. The number of benzene rings is 1. The number of halogens is 2. The van der Waals surface area contributed by atoms with Gasteiger partial charge in [0.15, 0.2) is 0 Å². The highest BCUT2D eigenvalue weighted by molar-refractivity contribution is 6.03. The Bertz CT molecular complexity index is 720. The number of nitrogens with one attached hydrogen (secondary N) is 1. The molecule has 2 aromatic rings. The molecule has 114 valence electrons. The number of esters is 1. The van der Waals surface area contributed by atoms with E-state index in [1.165, 1.54) is 18.2 Å². The minimum absolute atomic E-state index is 0.0333. The highest BCUT2D eigenvalue weighted by atomic mass is 19.1. The summed E-state index contributed by atoms with van der Waals surface area (Å²) in [7, 11) is 0. The molecule has 1 aromatic heterocycles. The molecule has 0 radical (unpaired) electrons. The largest absolute Gasteiger partial charge is 0.461 e. The Balaban J connectivity index is 2.19. The van der Waals surface area contributed by atoms with Gasteiger partial charge in [0.1, 0.15) is 23.0 Å². The fraction of sp³-hybridized carbons (Fsp3) is 0.133. The van der Waals surface area contributed by atoms with E-state index in [0.717, 1.165) is 12.1 Å². The number of carbonyl (C=O) groups excluding carboxylic acids is 2. The molecule has 7 heteroatoms. The van der Waals surface area contributed by atoms with Crippen LogP contribution in [0.25, 0.3) is 0 Å². The first-order valence-electron chi connectivity index (χ1n) is 6.42. The number of amides is 1. The third-order valence-corrected chi connectivity index (χ3v) is 2.65. The van der Waals surface area contributed by atoms with Crippen molar-refractivity contribution in [3.8, 4) is 0 Å². The molecule has 0 aliphatic carbocycles. The van der Waals surface area contributed by atoms with Gasteiger partial charge in [-0.25, -0.2) is 18.6 Å². The van der Waals surface area contributed by atoms with Crippen LogP contribution < -0.4 is 5.32 Å². The van der Waals surface area contributed by atoms with Crippen molar-refractivity contribution in [3.05, 3.63) is 59.4 Å². The van der Waals surface area contributed by atoms with Crippen LogP contribution in [0.15, 0.2) is 36.4 Å². The van der Waals surface area contributed by atoms with Crippen molar-refractivity contribution in [2.45, 2.75) is 6.92 Å². The van der Waals surface area contributed by atoms with E-state index in [1.807, 2.05) is 0 Å². The number of anilines is 1. The van der Waals surface area contributed by atoms with Crippen molar-refractivity contribution in [1.29, 1.82) is 0 Å². The van der Waals surface area contributed by atoms with Crippen molar-refractivity contribution < 1.29 is 23.1 Å². The quantitative estimate of drug-likeness (QED) is 0.882. The summed E-state index contributed by atoms with van der Waals surface area (Å²) in [6.45, 7) is 1.82. The highest BCUT2D eigenvalue weighted by Gasteiger charge is 2.14. The molecule has 5 nitrogen and oxygen atoms in total. The van der Waals surface area contributed by atoms with E-state index in [-0.39, 0.29) is 23.7 Å². The second-order valence-corrected chi connectivity index (χ2v) is 4.21. The van der Waals surface area contributed by atoms with E-state index >= 15 is 0 Å². The highest BCUT2D eigenvalue weighted by Crippen LogP contribution is 2.16. The predicted molar refractivity (Wildman–Crippen MR) is 74.5 cm³/mol. The van der Waals surface area contributed by atoms with Crippen LogP contribution in [0.2, 0.25) is 0 Å². The monoisotopic (exact) mass is 306 g/mol. The van der Waals surface area contributed by atoms with Crippen molar-refractivity contribution in [1.82, 2.24) is 4.98 Å². The summed E-state index contributed by atoms with van der Waals surface area (Å²) >= 11 is 0. The molecule has 2 rings (SSSR count). The molecule has 0 aliphatic rings. The standard InChI is InChI=1S/C15H12F2N2O3/c1-2-22-15(21)13-5-3-4-12(18-13)14(20)19-11-7-6-9(16)8-10(11)17/h3-8H,2H2,1H3,(H,19,20). The van der Waals surface area contributed by atoms with Gasteiger partial charge in [0.2, 0.25) is 0 Å². The number of hydrogen-bond acceptors (Lipinski definition) is 4. The maximum absolute atomic E-state index is 13.5. The predicted octanol–water partition coefficient (Wildman–Crippen LogP) is 2.79. The van der Waals surface area contributed by atoms with Crippen LogP contribution in [0.4, 0.5) is 14.5 Å². The van der Waals surface area contributed by atoms with Crippen LogP contribution in [-0.2, 0) is 4.74 Å². The lowest BCUT2D eigenvalue weighted by molar-refractivity contribution is 0.0519. The molecule has 0 aliphatic heterocycles. The van der Waals surface area contributed by atoms with Crippen LogP contribution >= 0.6 is 0 Å². The maximum Gasteiger partial charge on any atom is 0.356 e. The van der Waals surface area contributed by atoms with Crippen LogP contribution in [-0.4, -0.2) is 23.5 Å². The third kappa shape index (κ3) is 3.63. The molecule has 1 N–H and O–H groups in total. The molecule has 0 unspecified atom stereocenters. The second kappa shape index (κ2) is 6.75. The molecule has 0 bridgehead atoms. The number of hydrogen-bond donors (Lipinski definition) is 1. The van der Waals surface area contributed by atoms with E-state index < -0.39 is 23.5 Å². The average Bonchev–Trinajstić information content (AvgIpc) is 2.50. The summed E-state index contributed by atoms with van der Waals surface area (Å²) in [4.78, 5) is 27.4. The topological polar surface area (TPSA) is 68.3 Å². The zero-order valence-corrected chi connectivity index (χ0v) is 11.6. The number of aromatic nitrogens is 1. The Kier molecular flexibility index (Phi) is 4.77. The summed E-state index contributed by atoms with van der Waals surface area (Å²) in [6, 6.07) is 6.97. The van der Waals surface area contributed by atoms with Crippen molar-refractivity contribution >= 4 is 17.6 Å². The molecule has 1 heterocycles. The Hall–Kier alpha value is -2.83. The van der Waals surface area contributed by atoms with E-state index in [2.05, 4.69) is 10.3 Å². The molecular formula is C15H12F2N2O3. The van der Waals surface area contributed by atoms with Gasteiger partial charge in [0, 0.05) is 6.07 Å². The summed E-state index contributed by atoms with van der Waals surface area (Å²) in [5.74, 6) is -3.05. The van der Waals surface area contributed by atoms with Crippen molar-refractivity contribution in [2.75, 3.05) is 11.9 Å². The molecule has 0 fully saturated rings. The van der Waals surface area contributed by atoms with E-state index in [4.69, 9.17) is 4.74 Å². The van der Waals surface area contributed by atoms with E-state index in [0.29, 0.717) is 6.07 Å². The summed E-state index contributed by atoms with van der Waals surface area (Å²) in [6.07, 6.45) is 0. The van der Waals surface area contributed by atoms with Gasteiger partial charge in [-0.15, -0.1) is 0 Å². The number of nitrogens with zero attached hydrogens (tertiary/aromatic N) is 1. The first-order valence-corrected chi connectivity index (χ1v) is 6.42. The lowest BCUT2D eigenvalue weighted by atomic mass is 10.2. The first-order chi connectivity index (χ1) is 10.5. The molecule has 0 atom stereocenters. The molecule has 1 aromatic carbocycles. The zero-order valence-electron chi connectivity index (χ0n) is 11.6. The van der Waals surface area contributed by atoms with E-state index in [1.54, 1.807) is 6.92 Å². The molecule has 22 heavy (non-hydrogen) atoms. The van der Waals surface area contributed by atoms with Gasteiger partial charge >= 0.3 is 5.97 Å². The van der Waals surface area contributed by atoms with Gasteiger partial charge in [0.05, 0.1) is 12.3 Å². The number of carbonyl (C=O) groups is 2. The normalized spacial score (nSPS) is 10.1. The van der Waals surface area contributed by atoms with Crippen LogP contribution in [0, 0.1) is 11.6 Å². The minimum atomic E-state index is -0.908. The minimum Gasteiger partial charge on any atom is -0.461 e. The molecule has 0 spiro atoms. The van der Waals surface area contributed by atoms with Crippen LogP contribution in [0.5, 0.6) is 0 Å². The van der Waals surface area contributed by atoms with Gasteiger partial charge in [-0.2, -0.15) is 0 Å². The lowest BCUT2D eigenvalue weighted by Crippen LogP contribution is -2.17. The molecule has 1 amide bonds. The molecular weight excluding hydrogens is 294 g/mol. The zero-order chi connectivity index (χ0) is 16.1. The fourth-order valence-corrected chi connectivity index (χ4v) is 1.66. The number of ether oxygens (including phenoxy) is 1. The first kappa shape index (κ1) is 15.6. The van der Waals surface area contributed by atoms with Gasteiger partial charge in [0.25, 0.3) is 5.91 Å². The summed E-state index contributed by atoms with van der Waals surface area (Å²) < 4.78 is 31.1. The van der Waals surface area contributed by atoms with Crippen LogP contribution in [0.1, 0.15) is 27.9 Å². The number of pyridine rings is 1. The fourth-order valence-electron chi connectivity index (χ4n) is 1.66. The third-order valence-electron chi connectivity index (χ3n) is 2.65. The number of rotatable bonds is 4.